The van der Waals surface area contributed by atoms with E-state index in [0.29, 0.717) is 13.1 Å². The molecule has 0 saturated carbocycles. The Morgan fingerprint density at radius 3 is 2.88 bits per heavy atom. The number of likely N-dealkylation sites (N-methyl/N-ethyl adjacent to an activating group) is 1. The zero-order valence-corrected chi connectivity index (χ0v) is 10.3. The molecule has 0 aliphatic carbocycles. The Hall–Kier alpha value is -0.970. The van der Waals surface area contributed by atoms with Crippen molar-refractivity contribution >= 4 is 0 Å². The van der Waals surface area contributed by atoms with Gasteiger partial charge in [-0.25, -0.2) is 0 Å². The molecule has 0 aliphatic rings. The molecule has 0 saturated heterocycles. The molecule has 1 aromatic rings. The summed E-state index contributed by atoms with van der Waals surface area (Å²) in [6.45, 7) is 4.03. The maximum absolute atomic E-state index is 9.65. The number of aryl methyl sites for hydroxylation is 1. The van der Waals surface area contributed by atoms with Gasteiger partial charge in [0.05, 0.1) is 6.10 Å². The molecule has 1 rings (SSSR count). The zero-order valence-electron chi connectivity index (χ0n) is 10.3. The van der Waals surface area contributed by atoms with Crippen molar-refractivity contribution in [1.82, 2.24) is 15.2 Å². The topological polar surface area (TPSA) is 48.4 Å². The monoisotopic (exact) mass is 223 g/mol. The van der Waals surface area contributed by atoms with E-state index in [4.69, 9.17) is 0 Å². The minimum absolute atomic E-state index is 0.327. The van der Waals surface area contributed by atoms with Gasteiger partial charge in [0, 0.05) is 31.5 Å². The van der Waals surface area contributed by atoms with Crippen LogP contribution in [-0.4, -0.2) is 48.3 Å². The fourth-order valence-electron chi connectivity index (χ4n) is 1.56. The van der Waals surface area contributed by atoms with Crippen molar-refractivity contribution in [2.45, 2.75) is 19.6 Å². The molecule has 90 valence electrons. The summed E-state index contributed by atoms with van der Waals surface area (Å²) in [7, 11) is 3.91. The van der Waals surface area contributed by atoms with E-state index in [-0.39, 0.29) is 6.10 Å². The first-order chi connectivity index (χ1) is 7.59. The molecule has 0 bridgehead atoms. The molecule has 1 aromatic heterocycles. The van der Waals surface area contributed by atoms with E-state index in [2.05, 4.69) is 10.3 Å². The van der Waals surface area contributed by atoms with Gasteiger partial charge in [-0.2, -0.15) is 0 Å². The molecule has 4 heteroatoms. The van der Waals surface area contributed by atoms with E-state index < -0.39 is 0 Å². The first-order valence-electron chi connectivity index (χ1n) is 5.53. The van der Waals surface area contributed by atoms with E-state index in [9.17, 15) is 5.11 Å². The van der Waals surface area contributed by atoms with Gasteiger partial charge in [-0.15, -0.1) is 0 Å². The number of aromatic nitrogens is 1. The van der Waals surface area contributed by atoms with E-state index in [1.165, 1.54) is 5.56 Å². The van der Waals surface area contributed by atoms with Crippen molar-refractivity contribution in [3.05, 3.63) is 29.6 Å². The van der Waals surface area contributed by atoms with E-state index >= 15 is 0 Å². The molecule has 0 amide bonds. The first-order valence-corrected chi connectivity index (χ1v) is 5.53. The summed E-state index contributed by atoms with van der Waals surface area (Å²) in [5.74, 6) is 0. The molecule has 0 aliphatic heterocycles. The minimum atomic E-state index is -0.327. The maximum atomic E-state index is 9.65. The molecule has 1 atom stereocenters. The van der Waals surface area contributed by atoms with Crippen molar-refractivity contribution in [1.29, 1.82) is 0 Å². The molecule has 0 aromatic carbocycles. The van der Waals surface area contributed by atoms with Gasteiger partial charge in [-0.1, -0.05) is 6.07 Å². The Kier molecular flexibility index (Phi) is 5.38. The van der Waals surface area contributed by atoms with Crippen LogP contribution in [0.2, 0.25) is 0 Å². The number of hydrogen-bond acceptors (Lipinski definition) is 4. The lowest BCUT2D eigenvalue weighted by atomic mass is 10.2. The molecule has 4 nitrogen and oxygen atoms in total. The molecule has 0 fully saturated rings. The van der Waals surface area contributed by atoms with E-state index in [0.717, 1.165) is 12.2 Å². The molecule has 0 radical (unpaired) electrons. The Balaban J connectivity index is 2.28. The third kappa shape index (κ3) is 4.70. The molecule has 1 unspecified atom stereocenters. The van der Waals surface area contributed by atoms with Gasteiger partial charge in [0.1, 0.15) is 0 Å². The molecule has 0 spiro atoms. The van der Waals surface area contributed by atoms with Crippen LogP contribution < -0.4 is 5.32 Å². The lowest BCUT2D eigenvalue weighted by molar-refractivity contribution is 0.134. The van der Waals surface area contributed by atoms with Gasteiger partial charge in [0.25, 0.3) is 0 Å². The lowest BCUT2D eigenvalue weighted by Crippen LogP contribution is -2.34. The van der Waals surface area contributed by atoms with Crippen LogP contribution in [0.15, 0.2) is 18.3 Å². The van der Waals surface area contributed by atoms with E-state index in [1.807, 2.05) is 38.1 Å². The largest absolute Gasteiger partial charge is 0.390 e. The lowest BCUT2D eigenvalue weighted by Gasteiger charge is -2.16. The highest BCUT2D eigenvalue weighted by molar-refractivity contribution is 5.17. The number of hydrogen-bond donors (Lipinski definition) is 2. The number of aliphatic hydroxyl groups is 1. The Morgan fingerprint density at radius 1 is 1.50 bits per heavy atom. The summed E-state index contributed by atoms with van der Waals surface area (Å²) in [4.78, 5) is 6.19. The van der Waals surface area contributed by atoms with Crippen molar-refractivity contribution in [3.63, 3.8) is 0 Å². The smallest absolute Gasteiger partial charge is 0.0791 e. The molecular formula is C12H21N3O. The van der Waals surface area contributed by atoms with Gasteiger partial charge in [-0.05, 0) is 32.6 Å². The highest BCUT2D eigenvalue weighted by Crippen LogP contribution is 2.02. The van der Waals surface area contributed by atoms with Crippen LogP contribution in [-0.2, 0) is 6.54 Å². The van der Waals surface area contributed by atoms with Crippen LogP contribution in [0.25, 0.3) is 0 Å². The minimum Gasteiger partial charge on any atom is -0.390 e. The Bertz CT molecular complexity index is 315. The number of pyridine rings is 1. The molecule has 1 heterocycles. The van der Waals surface area contributed by atoms with Gasteiger partial charge < -0.3 is 15.3 Å². The third-order valence-electron chi connectivity index (χ3n) is 2.39. The second kappa shape index (κ2) is 6.58. The predicted molar refractivity (Wildman–Crippen MR) is 65.2 cm³/mol. The number of nitrogens with one attached hydrogen (secondary N) is 1. The van der Waals surface area contributed by atoms with Crippen molar-refractivity contribution in [3.8, 4) is 0 Å². The van der Waals surface area contributed by atoms with Crippen LogP contribution >= 0.6 is 0 Å². The second-order valence-electron chi connectivity index (χ2n) is 4.29. The van der Waals surface area contributed by atoms with Crippen LogP contribution in [0.3, 0.4) is 0 Å². The Morgan fingerprint density at radius 2 is 2.25 bits per heavy atom. The van der Waals surface area contributed by atoms with Crippen LogP contribution in [0.4, 0.5) is 0 Å². The van der Waals surface area contributed by atoms with Crippen molar-refractivity contribution in [2.24, 2.45) is 0 Å². The molecule has 16 heavy (non-hydrogen) atoms. The Labute approximate surface area is 97.3 Å². The summed E-state index contributed by atoms with van der Waals surface area (Å²) in [5.41, 5.74) is 2.22. The molecule has 2 N–H and O–H groups in total. The van der Waals surface area contributed by atoms with Crippen molar-refractivity contribution < 1.29 is 5.11 Å². The fourth-order valence-corrected chi connectivity index (χ4v) is 1.56. The normalized spacial score (nSPS) is 13.1. The fraction of sp³-hybridized carbons (Fsp3) is 0.583. The first kappa shape index (κ1) is 13.1. The quantitative estimate of drug-likeness (QED) is 0.733. The standard InChI is InChI=1S/C12H21N3O/c1-10-11(5-4-6-14-10)7-13-8-12(16)9-15(2)3/h4-6,12-13,16H,7-9H2,1-3H3. The average Bonchev–Trinajstić information content (AvgIpc) is 2.19. The summed E-state index contributed by atoms with van der Waals surface area (Å²) >= 11 is 0. The maximum Gasteiger partial charge on any atom is 0.0791 e. The highest BCUT2D eigenvalue weighted by atomic mass is 16.3. The zero-order chi connectivity index (χ0) is 12.0. The highest BCUT2D eigenvalue weighted by Gasteiger charge is 2.05. The third-order valence-corrected chi connectivity index (χ3v) is 2.39. The summed E-state index contributed by atoms with van der Waals surface area (Å²) in [6.07, 6.45) is 1.46. The summed E-state index contributed by atoms with van der Waals surface area (Å²) in [5, 5.41) is 12.9. The number of aliphatic hydroxyl groups excluding tert-OH is 1. The predicted octanol–water partition coefficient (Wildman–Crippen LogP) is 0.402. The SMILES string of the molecule is Cc1ncccc1CNCC(O)CN(C)C. The van der Waals surface area contributed by atoms with Gasteiger partial charge >= 0.3 is 0 Å². The van der Waals surface area contributed by atoms with Gasteiger partial charge in [0.15, 0.2) is 0 Å². The average molecular weight is 223 g/mol. The van der Waals surface area contributed by atoms with Gasteiger partial charge in [0.2, 0.25) is 0 Å². The van der Waals surface area contributed by atoms with Crippen LogP contribution in [0.1, 0.15) is 11.3 Å². The van der Waals surface area contributed by atoms with Crippen molar-refractivity contribution in [2.75, 3.05) is 27.2 Å². The molecular weight excluding hydrogens is 202 g/mol. The van der Waals surface area contributed by atoms with Crippen LogP contribution in [0, 0.1) is 6.92 Å². The number of nitrogens with zero attached hydrogens (tertiary/aromatic N) is 2. The van der Waals surface area contributed by atoms with Crippen LogP contribution in [0.5, 0.6) is 0 Å². The van der Waals surface area contributed by atoms with Gasteiger partial charge in [-0.3, -0.25) is 4.98 Å². The van der Waals surface area contributed by atoms with E-state index in [1.54, 1.807) is 6.20 Å². The second-order valence-corrected chi connectivity index (χ2v) is 4.29. The number of rotatable bonds is 6. The summed E-state index contributed by atoms with van der Waals surface area (Å²) in [6, 6.07) is 3.98. The summed E-state index contributed by atoms with van der Waals surface area (Å²) < 4.78 is 0.